The predicted molar refractivity (Wildman–Crippen MR) is 85.7 cm³/mol. The molecule has 0 saturated carbocycles. The number of thioether (sulfide) groups is 1. The Morgan fingerprint density at radius 1 is 1.05 bits per heavy atom. The van der Waals surface area contributed by atoms with Gasteiger partial charge in [-0.1, -0.05) is 24.3 Å². The molecule has 0 radical (unpaired) electrons. The Morgan fingerprint density at radius 2 is 1.86 bits per heavy atom. The number of aldehydes is 1. The summed E-state index contributed by atoms with van der Waals surface area (Å²) in [4.78, 5) is 12.3. The fourth-order valence-electron chi connectivity index (χ4n) is 1.87. The Labute approximate surface area is 129 Å². The second-order valence-corrected chi connectivity index (χ2v) is 5.40. The second-order valence-electron chi connectivity index (χ2n) is 4.24. The maximum atomic E-state index is 11.1. The van der Waals surface area contributed by atoms with Gasteiger partial charge in [-0.2, -0.15) is 0 Å². The standard InChI is InChI=1S/C17H18O3S/c1-2-19-16-10-6-7-14(13-18)17(16)20-11-12-21-15-8-4-3-5-9-15/h3-10,13H,2,11-12H2,1H3. The SMILES string of the molecule is CCOc1cccc(C=O)c1OCCSc1ccccc1. The summed E-state index contributed by atoms with van der Waals surface area (Å²) in [6, 6.07) is 15.5. The molecule has 0 fully saturated rings. The van der Waals surface area contributed by atoms with E-state index in [2.05, 4.69) is 12.1 Å². The number of carbonyl (C=O) groups excluding carboxylic acids is 1. The maximum absolute atomic E-state index is 11.1. The molecule has 2 aromatic rings. The fourth-order valence-corrected chi connectivity index (χ4v) is 2.62. The Kier molecular flexibility index (Phi) is 6.16. The van der Waals surface area contributed by atoms with Gasteiger partial charge in [0.15, 0.2) is 17.8 Å². The van der Waals surface area contributed by atoms with E-state index in [-0.39, 0.29) is 0 Å². The number of carbonyl (C=O) groups is 1. The lowest BCUT2D eigenvalue weighted by atomic mass is 10.2. The van der Waals surface area contributed by atoms with Crippen LogP contribution in [0.5, 0.6) is 11.5 Å². The first-order chi connectivity index (χ1) is 10.3. The Bertz CT molecular complexity index is 570. The van der Waals surface area contributed by atoms with Crippen molar-refractivity contribution in [1.82, 2.24) is 0 Å². The highest BCUT2D eigenvalue weighted by Gasteiger charge is 2.10. The summed E-state index contributed by atoms with van der Waals surface area (Å²) in [5.74, 6) is 1.96. The highest BCUT2D eigenvalue weighted by molar-refractivity contribution is 7.99. The molecule has 0 atom stereocenters. The van der Waals surface area contributed by atoms with Gasteiger partial charge in [-0.3, -0.25) is 4.79 Å². The average Bonchev–Trinajstić information content (AvgIpc) is 2.53. The fraction of sp³-hybridized carbons (Fsp3) is 0.235. The third-order valence-electron chi connectivity index (χ3n) is 2.78. The van der Waals surface area contributed by atoms with Crippen LogP contribution < -0.4 is 9.47 Å². The van der Waals surface area contributed by atoms with Crippen LogP contribution in [-0.4, -0.2) is 25.3 Å². The van der Waals surface area contributed by atoms with Crippen LogP contribution in [0.1, 0.15) is 17.3 Å². The number of benzene rings is 2. The number of ether oxygens (including phenoxy) is 2. The molecule has 0 heterocycles. The van der Waals surface area contributed by atoms with Crippen LogP contribution in [0.3, 0.4) is 0 Å². The molecule has 0 spiro atoms. The molecule has 0 aliphatic heterocycles. The minimum atomic E-state index is 0.518. The summed E-state index contributed by atoms with van der Waals surface area (Å²) < 4.78 is 11.3. The van der Waals surface area contributed by atoms with E-state index in [1.807, 2.05) is 31.2 Å². The van der Waals surface area contributed by atoms with Crippen molar-refractivity contribution in [1.29, 1.82) is 0 Å². The molecule has 2 rings (SSSR count). The minimum absolute atomic E-state index is 0.518. The monoisotopic (exact) mass is 302 g/mol. The van der Waals surface area contributed by atoms with Crippen LogP contribution in [0.25, 0.3) is 0 Å². The molecule has 110 valence electrons. The van der Waals surface area contributed by atoms with Crippen LogP contribution in [-0.2, 0) is 0 Å². The van der Waals surface area contributed by atoms with Crippen LogP contribution in [0.15, 0.2) is 53.4 Å². The molecule has 0 amide bonds. The van der Waals surface area contributed by atoms with Gasteiger partial charge >= 0.3 is 0 Å². The molecule has 0 unspecified atom stereocenters. The van der Waals surface area contributed by atoms with Gasteiger partial charge in [0, 0.05) is 10.6 Å². The molecule has 0 N–H and O–H groups in total. The largest absolute Gasteiger partial charge is 0.490 e. The van der Waals surface area contributed by atoms with Gasteiger partial charge in [0.05, 0.1) is 18.8 Å². The van der Waals surface area contributed by atoms with E-state index in [0.717, 1.165) is 12.0 Å². The highest BCUT2D eigenvalue weighted by atomic mass is 32.2. The number of para-hydroxylation sites is 1. The topological polar surface area (TPSA) is 35.5 Å². The van der Waals surface area contributed by atoms with Gasteiger partial charge in [0.2, 0.25) is 0 Å². The molecule has 0 aliphatic carbocycles. The molecule has 0 bridgehead atoms. The van der Waals surface area contributed by atoms with Crippen molar-refractivity contribution < 1.29 is 14.3 Å². The molecule has 0 aromatic heterocycles. The molecule has 3 nitrogen and oxygen atoms in total. The molecular weight excluding hydrogens is 284 g/mol. The molecular formula is C17H18O3S. The predicted octanol–water partition coefficient (Wildman–Crippen LogP) is 4.07. The van der Waals surface area contributed by atoms with Gasteiger partial charge in [-0.15, -0.1) is 11.8 Å². The van der Waals surface area contributed by atoms with Gasteiger partial charge < -0.3 is 9.47 Å². The van der Waals surface area contributed by atoms with E-state index in [0.29, 0.717) is 30.3 Å². The number of hydrogen-bond donors (Lipinski definition) is 0. The van der Waals surface area contributed by atoms with Crippen molar-refractivity contribution >= 4 is 18.0 Å². The zero-order chi connectivity index (χ0) is 14.9. The van der Waals surface area contributed by atoms with Gasteiger partial charge in [0.25, 0.3) is 0 Å². The first kappa shape index (κ1) is 15.4. The summed E-state index contributed by atoms with van der Waals surface area (Å²) in [6.07, 6.45) is 0.794. The van der Waals surface area contributed by atoms with Crippen molar-refractivity contribution in [2.45, 2.75) is 11.8 Å². The first-order valence-electron chi connectivity index (χ1n) is 6.86. The number of rotatable bonds is 8. The van der Waals surface area contributed by atoms with Crippen molar-refractivity contribution in [3.05, 3.63) is 54.1 Å². The first-order valence-corrected chi connectivity index (χ1v) is 7.85. The summed E-state index contributed by atoms with van der Waals surface area (Å²) in [6.45, 7) is 2.96. The molecule has 2 aromatic carbocycles. The summed E-state index contributed by atoms with van der Waals surface area (Å²) in [5, 5.41) is 0. The average molecular weight is 302 g/mol. The number of hydrogen-bond acceptors (Lipinski definition) is 4. The third kappa shape index (κ3) is 4.53. The summed E-state index contributed by atoms with van der Waals surface area (Å²) >= 11 is 1.72. The summed E-state index contributed by atoms with van der Waals surface area (Å²) in [5.41, 5.74) is 0.519. The van der Waals surface area contributed by atoms with Crippen LogP contribution in [0.4, 0.5) is 0 Å². The maximum Gasteiger partial charge on any atom is 0.171 e. The van der Waals surface area contributed by atoms with Crippen LogP contribution >= 0.6 is 11.8 Å². The van der Waals surface area contributed by atoms with E-state index >= 15 is 0 Å². The molecule has 21 heavy (non-hydrogen) atoms. The molecule has 4 heteroatoms. The lowest BCUT2D eigenvalue weighted by molar-refractivity contribution is 0.111. The Hall–Kier alpha value is -1.94. The zero-order valence-electron chi connectivity index (χ0n) is 12.0. The van der Waals surface area contributed by atoms with Crippen molar-refractivity contribution in [3.63, 3.8) is 0 Å². The molecule has 0 saturated heterocycles. The van der Waals surface area contributed by atoms with Gasteiger partial charge in [0.1, 0.15) is 0 Å². The quantitative estimate of drug-likeness (QED) is 0.418. The molecule has 0 aliphatic rings. The Morgan fingerprint density at radius 3 is 2.57 bits per heavy atom. The van der Waals surface area contributed by atoms with E-state index in [4.69, 9.17) is 9.47 Å². The lowest BCUT2D eigenvalue weighted by Crippen LogP contribution is -2.05. The van der Waals surface area contributed by atoms with Gasteiger partial charge in [-0.05, 0) is 31.2 Å². The third-order valence-corrected chi connectivity index (χ3v) is 3.75. The van der Waals surface area contributed by atoms with E-state index < -0.39 is 0 Å². The van der Waals surface area contributed by atoms with E-state index in [1.54, 1.807) is 23.9 Å². The van der Waals surface area contributed by atoms with E-state index in [9.17, 15) is 4.79 Å². The Balaban J connectivity index is 1.94. The van der Waals surface area contributed by atoms with Crippen molar-refractivity contribution in [3.8, 4) is 11.5 Å². The minimum Gasteiger partial charge on any atom is -0.490 e. The summed E-state index contributed by atoms with van der Waals surface area (Å²) in [7, 11) is 0. The zero-order valence-corrected chi connectivity index (χ0v) is 12.8. The van der Waals surface area contributed by atoms with Crippen molar-refractivity contribution in [2.24, 2.45) is 0 Å². The van der Waals surface area contributed by atoms with Gasteiger partial charge in [-0.25, -0.2) is 0 Å². The van der Waals surface area contributed by atoms with Crippen LogP contribution in [0.2, 0.25) is 0 Å². The van der Waals surface area contributed by atoms with Crippen LogP contribution in [0, 0.1) is 0 Å². The second kappa shape index (κ2) is 8.37. The highest BCUT2D eigenvalue weighted by Crippen LogP contribution is 2.30. The smallest absolute Gasteiger partial charge is 0.171 e. The van der Waals surface area contributed by atoms with E-state index in [1.165, 1.54) is 4.90 Å². The normalized spacial score (nSPS) is 10.1. The van der Waals surface area contributed by atoms with Crippen molar-refractivity contribution in [2.75, 3.05) is 19.0 Å². The lowest BCUT2D eigenvalue weighted by Gasteiger charge is -2.13.